The van der Waals surface area contributed by atoms with Crippen LogP contribution < -0.4 is 10.1 Å². The molecule has 138 valence electrons. The number of methoxy groups -OCH3 is 1. The van der Waals surface area contributed by atoms with Crippen molar-refractivity contribution in [2.24, 2.45) is 5.92 Å². The van der Waals surface area contributed by atoms with E-state index in [4.69, 9.17) is 14.2 Å². The number of rotatable bonds is 5. The third kappa shape index (κ3) is 4.71. The lowest BCUT2D eigenvalue weighted by Crippen LogP contribution is -2.53. The molecule has 0 saturated carbocycles. The molecule has 1 atom stereocenters. The zero-order valence-corrected chi connectivity index (χ0v) is 14.9. The molecule has 25 heavy (non-hydrogen) atoms. The molecule has 2 heterocycles. The van der Waals surface area contributed by atoms with Crippen LogP contribution in [0.5, 0.6) is 5.75 Å². The zero-order valence-electron chi connectivity index (χ0n) is 14.9. The molecule has 1 aromatic carbocycles. The summed E-state index contributed by atoms with van der Waals surface area (Å²) in [5.74, 6) is 1.11. The van der Waals surface area contributed by atoms with Crippen LogP contribution in [0.15, 0.2) is 30.3 Å². The van der Waals surface area contributed by atoms with E-state index >= 15 is 0 Å². The maximum Gasteiger partial charge on any atom is 0.225 e. The summed E-state index contributed by atoms with van der Waals surface area (Å²) in [7, 11) is 1.66. The highest BCUT2D eigenvalue weighted by molar-refractivity contribution is 5.79. The van der Waals surface area contributed by atoms with Gasteiger partial charge in [-0.1, -0.05) is 18.2 Å². The van der Waals surface area contributed by atoms with Gasteiger partial charge in [0.25, 0.3) is 0 Å². The van der Waals surface area contributed by atoms with Crippen LogP contribution in [0.2, 0.25) is 0 Å². The first-order chi connectivity index (χ1) is 12.2. The summed E-state index contributed by atoms with van der Waals surface area (Å²) >= 11 is 0. The van der Waals surface area contributed by atoms with Gasteiger partial charge in [-0.05, 0) is 38.1 Å². The number of piperidine rings is 1. The van der Waals surface area contributed by atoms with Crippen LogP contribution in [0.25, 0.3) is 0 Å². The number of carbonyl (C=O) groups is 1. The molecule has 1 N–H and O–H groups in total. The fourth-order valence-corrected chi connectivity index (χ4v) is 3.42. The van der Waals surface area contributed by atoms with E-state index in [1.807, 2.05) is 35.2 Å². The molecule has 6 nitrogen and oxygen atoms in total. The summed E-state index contributed by atoms with van der Waals surface area (Å²) in [5, 5.41) is 3.31. The molecule has 0 spiro atoms. The highest BCUT2D eigenvalue weighted by atomic mass is 16.6. The van der Waals surface area contributed by atoms with Crippen molar-refractivity contribution < 1.29 is 19.0 Å². The normalized spacial score (nSPS) is 25.4. The summed E-state index contributed by atoms with van der Waals surface area (Å²) in [6.45, 7) is 4.24. The summed E-state index contributed by atoms with van der Waals surface area (Å²) in [5.41, 5.74) is -0.644. The third-order valence-electron chi connectivity index (χ3n) is 5.03. The minimum Gasteiger partial charge on any atom is -0.490 e. The van der Waals surface area contributed by atoms with Gasteiger partial charge in [0.1, 0.15) is 18.0 Å². The van der Waals surface area contributed by atoms with Gasteiger partial charge < -0.3 is 24.4 Å². The van der Waals surface area contributed by atoms with E-state index in [2.05, 4.69) is 5.32 Å². The number of para-hydroxylation sites is 1. The topological polar surface area (TPSA) is 60.0 Å². The predicted molar refractivity (Wildman–Crippen MR) is 94.7 cm³/mol. The van der Waals surface area contributed by atoms with Crippen molar-refractivity contribution in [3.05, 3.63) is 30.3 Å². The van der Waals surface area contributed by atoms with Crippen molar-refractivity contribution in [1.82, 2.24) is 10.2 Å². The monoisotopic (exact) mass is 348 g/mol. The summed E-state index contributed by atoms with van der Waals surface area (Å²) in [6.07, 6.45) is 1.80. The Morgan fingerprint density at radius 3 is 2.80 bits per heavy atom. The van der Waals surface area contributed by atoms with Crippen molar-refractivity contribution in [2.45, 2.75) is 18.4 Å². The van der Waals surface area contributed by atoms with Crippen LogP contribution in [0, 0.1) is 5.92 Å². The number of ether oxygens (including phenoxy) is 3. The van der Waals surface area contributed by atoms with Gasteiger partial charge in [0.2, 0.25) is 5.91 Å². The number of carbonyl (C=O) groups excluding carboxylic acids is 1. The van der Waals surface area contributed by atoms with E-state index in [1.54, 1.807) is 7.11 Å². The molecule has 6 heteroatoms. The molecule has 0 aromatic heterocycles. The highest BCUT2D eigenvalue weighted by Crippen LogP contribution is 2.23. The molecular formula is C19H28N2O4. The maximum absolute atomic E-state index is 12.9. The molecule has 0 radical (unpaired) electrons. The number of nitrogens with one attached hydrogen (secondary N) is 1. The van der Waals surface area contributed by atoms with Crippen molar-refractivity contribution in [3.63, 3.8) is 0 Å². The van der Waals surface area contributed by atoms with Gasteiger partial charge in [-0.2, -0.15) is 0 Å². The number of hydrogen-bond donors (Lipinski definition) is 1. The lowest BCUT2D eigenvalue weighted by molar-refractivity contribution is -0.141. The largest absolute Gasteiger partial charge is 0.490 e. The lowest BCUT2D eigenvalue weighted by Gasteiger charge is -2.36. The van der Waals surface area contributed by atoms with Crippen molar-refractivity contribution in [3.8, 4) is 5.75 Å². The van der Waals surface area contributed by atoms with Crippen molar-refractivity contribution >= 4 is 5.91 Å². The second-order valence-corrected chi connectivity index (χ2v) is 6.83. The molecule has 3 rings (SSSR count). The lowest BCUT2D eigenvalue weighted by atomic mass is 9.95. The Labute approximate surface area is 149 Å². The van der Waals surface area contributed by atoms with Crippen LogP contribution in [-0.2, 0) is 14.3 Å². The molecule has 2 aliphatic rings. The van der Waals surface area contributed by atoms with E-state index in [0.29, 0.717) is 32.9 Å². The third-order valence-corrected chi connectivity index (χ3v) is 5.03. The first kappa shape index (κ1) is 18.2. The van der Waals surface area contributed by atoms with E-state index in [9.17, 15) is 4.79 Å². The zero-order chi connectivity index (χ0) is 17.5. The average molecular weight is 348 g/mol. The molecule has 2 saturated heterocycles. The summed E-state index contributed by atoms with van der Waals surface area (Å²) in [6, 6.07) is 9.65. The van der Waals surface area contributed by atoms with Crippen molar-refractivity contribution in [1.29, 1.82) is 0 Å². The number of benzene rings is 1. The molecule has 2 aliphatic heterocycles. The molecule has 2 fully saturated rings. The van der Waals surface area contributed by atoms with Gasteiger partial charge in [0.15, 0.2) is 0 Å². The Balaban J connectivity index is 1.66. The smallest absolute Gasteiger partial charge is 0.225 e. The number of nitrogens with zero attached hydrogens (tertiary/aromatic N) is 1. The standard InChI is InChI=1S/C19H28N2O4/c1-23-19(15-25-17-5-3-2-4-6-17)13-21(11-12-24-14-19)18(22)16-7-9-20-10-8-16/h2-6,16,20H,7-15H2,1H3/t19-/m0/s1. The maximum atomic E-state index is 12.9. The fraction of sp³-hybridized carbons (Fsp3) is 0.632. The second kappa shape index (κ2) is 8.65. The van der Waals surface area contributed by atoms with Gasteiger partial charge in [0, 0.05) is 19.6 Å². The average Bonchev–Trinajstić information content (AvgIpc) is 2.91. The van der Waals surface area contributed by atoms with Crippen LogP contribution in [0.4, 0.5) is 0 Å². The Morgan fingerprint density at radius 2 is 2.08 bits per heavy atom. The Hall–Kier alpha value is -1.63. The Morgan fingerprint density at radius 1 is 1.32 bits per heavy atom. The predicted octanol–water partition coefficient (Wildman–Crippen LogP) is 1.31. The fourth-order valence-electron chi connectivity index (χ4n) is 3.42. The summed E-state index contributed by atoms with van der Waals surface area (Å²) in [4.78, 5) is 14.8. The van der Waals surface area contributed by atoms with Gasteiger partial charge in [0.05, 0.1) is 19.8 Å². The molecule has 1 amide bonds. The van der Waals surface area contributed by atoms with Gasteiger partial charge >= 0.3 is 0 Å². The van der Waals surface area contributed by atoms with Crippen LogP contribution in [0.3, 0.4) is 0 Å². The minimum absolute atomic E-state index is 0.101. The number of hydrogen-bond acceptors (Lipinski definition) is 5. The van der Waals surface area contributed by atoms with E-state index in [1.165, 1.54) is 0 Å². The molecule has 0 bridgehead atoms. The number of amides is 1. The van der Waals surface area contributed by atoms with Crippen LogP contribution in [-0.4, -0.2) is 69.5 Å². The van der Waals surface area contributed by atoms with E-state index < -0.39 is 5.60 Å². The van der Waals surface area contributed by atoms with Crippen molar-refractivity contribution in [2.75, 3.05) is 53.1 Å². The molecule has 0 aliphatic carbocycles. The first-order valence-corrected chi connectivity index (χ1v) is 9.03. The van der Waals surface area contributed by atoms with Gasteiger partial charge in [-0.25, -0.2) is 0 Å². The SMILES string of the molecule is CO[C@]1(COc2ccccc2)COCCN(C(=O)C2CCNCC2)C1. The van der Waals surface area contributed by atoms with Crippen LogP contribution >= 0.6 is 0 Å². The quantitative estimate of drug-likeness (QED) is 0.869. The molecular weight excluding hydrogens is 320 g/mol. The summed E-state index contributed by atoms with van der Waals surface area (Å²) < 4.78 is 17.5. The van der Waals surface area contributed by atoms with Gasteiger partial charge in [-0.15, -0.1) is 0 Å². The van der Waals surface area contributed by atoms with E-state index in [0.717, 1.165) is 31.7 Å². The minimum atomic E-state index is -0.644. The first-order valence-electron chi connectivity index (χ1n) is 9.03. The second-order valence-electron chi connectivity index (χ2n) is 6.83. The Kier molecular flexibility index (Phi) is 6.29. The van der Waals surface area contributed by atoms with Gasteiger partial charge in [-0.3, -0.25) is 4.79 Å². The highest BCUT2D eigenvalue weighted by Gasteiger charge is 2.39. The van der Waals surface area contributed by atoms with E-state index in [-0.39, 0.29) is 11.8 Å². The molecule has 0 unspecified atom stereocenters. The van der Waals surface area contributed by atoms with Crippen LogP contribution in [0.1, 0.15) is 12.8 Å². The Bertz CT molecular complexity index is 548. The molecule has 1 aromatic rings.